The molecule has 0 spiro atoms. The number of amides is 2. The van der Waals surface area contributed by atoms with Crippen molar-refractivity contribution in [3.8, 4) is 0 Å². The van der Waals surface area contributed by atoms with E-state index in [9.17, 15) is 9.59 Å². The van der Waals surface area contributed by atoms with Crippen LogP contribution in [0.25, 0.3) is 46.4 Å². The van der Waals surface area contributed by atoms with Crippen molar-refractivity contribution >= 4 is 59.2 Å². The number of aromatic amines is 2. The number of nitrogens with one attached hydrogen (secondary N) is 4. The smallest absolute Gasteiger partial charge is 0.225 e. The lowest BCUT2D eigenvalue weighted by Gasteiger charge is -1.86. The Bertz CT molecular complexity index is 1200. The van der Waals surface area contributed by atoms with Crippen LogP contribution in [-0.4, -0.2) is 32.8 Å². The molecule has 0 aliphatic carbocycles. The molecular formula is C22H18N6O2. The molecule has 2 aliphatic heterocycles. The average Bonchev–Trinajstić information content (AvgIpc) is 3.52. The molecule has 8 bridgehead atoms. The number of fused-ring (bicyclic) bond motifs is 8. The molecule has 0 saturated carbocycles. The lowest BCUT2D eigenvalue weighted by atomic mass is 10.3. The van der Waals surface area contributed by atoms with Gasteiger partial charge in [-0.05, 0) is 72.8 Å². The highest BCUT2D eigenvalue weighted by Gasteiger charge is 2.02. The monoisotopic (exact) mass is 398 g/mol. The van der Waals surface area contributed by atoms with Gasteiger partial charge < -0.3 is 9.97 Å². The van der Waals surface area contributed by atoms with E-state index in [2.05, 4.69) is 50.3 Å². The number of hydrogen-bond donors (Lipinski definition) is 4. The second-order valence-corrected chi connectivity index (χ2v) is 6.43. The van der Waals surface area contributed by atoms with Crippen LogP contribution in [0, 0.1) is 0 Å². The van der Waals surface area contributed by atoms with E-state index in [4.69, 9.17) is 0 Å². The third kappa shape index (κ3) is 4.68. The molecule has 8 heteroatoms. The van der Waals surface area contributed by atoms with Crippen LogP contribution in [0.1, 0.15) is 22.8 Å². The summed E-state index contributed by atoms with van der Waals surface area (Å²) in [6.07, 6.45) is 8.79. The average molecular weight is 398 g/mol. The topological polar surface area (TPSA) is 116 Å². The maximum absolute atomic E-state index is 9.23. The molecule has 30 heavy (non-hydrogen) atoms. The standard InChI is InChI=1S/C20H14N4.C2H4N2O2/c1-2-14-10-16-5-6-18(23-16)12-20-8-7-19(24-20)11-17-4-3-15(22-17)9-13(1)21-14;5-1-3-4-2-6/h1-12,21-22H;1-2H,(H,3,5)(H,4,6). The lowest BCUT2D eigenvalue weighted by molar-refractivity contribution is -0.116. The van der Waals surface area contributed by atoms with Crippen molar-refractivity contribution in [2.24, 2.45) is 0 Å². The molecule has 0 aromatic carbocycles. The number of nitrogens with zero attached hydrogens (tertiary/aromatic N) is 2. The number of rotatable bonds is 3. The van der Waals surface area contributed by atoms with Crippen molar-refractivity contribution in [1.82, 2.24) is 30.8 Å². The lowest BCUT2D eigenvalue weighted by Crippen LogP contribution is -2.28. The molecule has 0 fully saturated rings. The van der Waals surface area contributed by atoms with Crippen LogP contribution in [0.5, 0.6) is 0 Å². The maximum atomic E-state index is 9.23. The summed E-state index contributed by atoms with van der Waals surface area (Å²) in [5.74, 6) is 0. The summed E-state index contributed by atoms with van der Waals surface area (Å²) in [5, 5.41) is 0. The van der Waals surface area contributed by atoms with Gasteiger partial charge in [-0.3, -0.25) is 20.4 Å². The first-order valence-corrected chi connectivity index (χ1v) is 9.15. The molecule has 2 amide bonds. The fraction of sp³-hybridized carbons (Fsp3) is 0. The zero-order valence-electron chi connectivity index (χ0n) is 15.8. The Labute approximate surface area is 171 Å². The van der Waals surface area contributed by atoms with Crippen molar-refractivity contribution in [2.75, 3.05) is 0 Å². The number of aromatic nitrogens is 4. The van der Waals surface area contributed by atoms with Gasteiger partial charge in [0.2, 0.25) is 12.8 Å². The summed E-state index contributed by atoms with van der Waals surface area (Å²) >= 11 is 0. The van der Waals surface area contributed by atoms with E-state index in [1.54, 1.807) is 0 Å². The van der Waals surface area contributed by atoms with Gasteiger partial charge in [-0.2, -0.15) is 0 Å². The Morgan fingerprint density at radius 2 is 0.933 bits per heavy atom. The van der Waals surface area contributed by atoms with Crippen molar-refractivity contribution < 1.29 is 9.59 Å². The van der Waals surface area contributed by atoms with Gasteiger partial charge in [0.15, 0.2) is 0 Å². The minimum Gasteiger partial charge on any atom is -0.355 e. The molecule has 148 valence electrons. The van der Waals surface area contributed by atoms with E-state index in [0.717, 1.165) is 44.8 Å². The van der Waals surface area contributed by atoms with Gasteiger partial charge in [-0.1, -0.05) is 0 Å². The van der Waals surface area contributed by atoms with Crippen molar-refractivity contribution in [3.05, 3.63) is 71.3 Å². The summed E-state index contributed by atoms with van der Waals surface area (Å²) in [4.78, 5) is 34.5. The van der Waals surface area contributed by atoms with Gasteiger partial charge in [-0.25, -0.2) is 9.97 Å². The predicted octanol–water partition coefficient (Wildman–Crippen LogP) is 3.05. The quantitative estimate of drug-likeness (QED) is 0.212. The van der Waals surface area contributed by atoms with E-state index < -0.39 is 0 Å². The van der Waals surface area contributed by atoms with Crippen LogP contribution in [0.15, 0.2) is 48.5 Å². The summed E-state index contributed by atoms with van der Waals surface area (Å²) in [6, 6.07) is 16.4. The molecule has 0 radical (unpaired) electrons. The summed E-state index contributed by atoms with van der Waals surface area (Å²) < 4.78 is 0. The van der Waals surface area contributed by atoms with E-state index in [0.29, 0.717) is 12.8 Å². The third-order valence-electron chi connectivity index (χ3n) is 4.24. The van der Waals surface area contributed by atoms with E-state index in [1.165, 1.54) is 0 Å². The Hall–Kier alpha value is -4.46. The zero-order valence-corrected chi connectivity index (χ0v) is 15.8. The van der Waals surface area contributed by atoms with E-state index >= 15 is 0 Å². The first-order valence-electron chi connectivity index (χ1n) is 9.15. The van der Waals surface area contributed by atoms with E-state index in [1.807, 2.05) is 53.4 Å². The Kier molecular flexibility index (Phi) is 5.47. The van der Waals surface area contributed by atoms with Crippen molar-refractivity contribution in [2.45, 2.75) is 0 Å². The van der Waals surface area contributed by atoms with Crippen LogP contribution in [0.2, 0.25) is 0 Å². The molecule has 3 aromatic heterocycles. The van der Waals surface area contributed by atoms with Gasteiger partial charge in [0.05, 0.1) is 22.8 Å². The minimum absolute atomic E-state index is 0.369. The first-order chi connectivity index (χ1) is 14.7. The fourth-order valence-corrected chi connectivity index (χ4v) is 3.01. The van der Waals surface area contributed by atoms with Crippen molar-refractivity contribution in [1.29, 1.82) is 0 Å². The Morgan fingerprint density at radius 3 is 1.33 bits per heavy atom. The first kappa shape index (κ1) is 18.9. The van der Waals surface area contributed by atoms with Crippen LogP contribution in [0.3, 0.4) is 0 Å². The van der Waals surface area contributed by atoms with Crippen LogP contribution in [-0.2, 0) is 9.59 Å². The maximum Gasteiger partial charge on any atom is 0.225 e. The Balaban J connectivity index is 0.000000322. The van der Waals surface area contributed by atoms with Crippen LogP contribution >= 0.6 is 0 Å². The number of hydrazine groups is 1. The molecule has 3 aromatic rings. The van der Waals surface area contributed by atoms with Crippen molar-refractivity contribution in [3.63, 3.8) is 0 Å². The van der Waals surface area contributed by atoms with Gasteiger partial charge >= 0.3 is 0 Å². The number of H-pyrrole nitrogens is 2. The highest BCUT2D eigenvalue weighted by Crippen LogP contribution is 2.17. The second-order valence-electron chi connectivity index (χ2n) is 6.43. The molecule has 0 unspecified atom stereocenters. The van der Waals surface area contributed by atoms with Gasteiger partial charge in [0.25, 0.3) is 0 Å². The predicted molar refractivity (Wildman–Crippen MR) is 117 cm³/mol. The van der Waals surface area contributed by atoms with Gasteiger partial charge in [0.1, 0.15) is 0 Å². The highest BCUT2D eigenvalue weighted by molar-refractivity contribution is 5.77. The third-order valence-corrected chi connectivity index (χ3v) is 4.24. The SMILES string of the molecule is C1=Cc2cc3ccc(cc4ccc(cc5nc(cc1n2)C=C5)[nH]4)[nH]3.O=CNNC=O. The summed E-state index contributed by atoms with van der Waals surface area (Å²) in [6.45, 7) is 0. The molecule has 5 heterocycles. The number of carbonyl (C=O) groups excluding carboxylic acids is 2. The normalized spacial score (nSPS) is 11.3. The molecule has 5 rings (SSSR count). The summed E-state index contributed by atoms with van der Waals surface area (Å²) in [5.41, 5.74) is 11.7. The summed E-state index contributed by atoms with van der Waals surface area (Å²) in [7, 11) is 0. The molecule has 0 saturated heterocycles. The largest absolute Gasteiger partial charge is 0.355 e. The fourth-order valence-electron chi connectivity index (χ4n) is 3.01. The molecular weight excluding hydrogens is 380 g/mol. The van der Waals surface area contributed by atoms with Gasteiger partial charge in [-0.15, -0.1) is 0 Å². The Morgan fingerprint density at radius 1 is 0.567 bits per heavy atom. The minimum atomic E-state index is 0.369. The van der Waals surface area contributed by atoms with Crippen LogP contribution < -0.4 is 10.9 Å². The molecule has 4 N–H and O–H groups in total. The van der Waals surface area contributed by atoms with Gasteiger partial charge in [0, 0.05) is 22.1 Å². The molecule has 0 atom stereocenters. The van der Waals surface area contributed by atoms with Crippen LogP contribution in [0.4, 0.5) is 0 Å². The molecule has 2 aliphatic rings. The van der Waals surface area contributed by atoms with E-state index in [-0.39, 0.29) is 0 Å². The second kappa shape index (κ2) is 8.70. The molecule has 8 nitrogen and oxygen atoms in total. The number of carbonyl (C=O) groups is 2. The zero-order chi connectivity index (χ0) is 20.8. The highest BCUT2D eigenvalue weighted by atomic mass is 16.2. The number of hydrogen-bond acceptors (Lipinski definition) is 4.